The van der Waals surface area contributed by atoms with E-state index >= 15 is 0 Å². The second-order valence-corrected chi connectivity index (χ2v) is 7.21. The zero-order chi connectivity index (χ0) is 20.5. The molecule has 0 spiro atoms. The van der Waals surface area contributed by atoms with Crippen LogP contribution in [-0.2, 0) is 11.2 Å². The molecule has 7 heteroatoms. The van der Waals surface area contributed by atoms with Crippen LogP contribution in [0.15, 0.2) is 51.7 Å². The summed E-state index contributed by atoms with van der Waals surface area (Å²) in [7, 11) is 0. The number of nitrogens with zero attached hydrogens (tertiary/aromatic N) is 2. The van der Waals surface area contributed by atoms with Gasteiger partial charge in [0.05, 0.1) is 17.4 Å². The summed E-state index contributed by atoms with van der Waals surface area (Å²) in [5.74, 6) is -0.533. The van der Waals surface area contributed by atoms with E-state index < -0.39 is 5.63 Å². The lowest BCUT2D eigenvalue weighted by Crippen LogP contribution is -2.49. The van der Waals surface area contributed by atoms with E-state index in [2.05, 4.69) is 4.90 Å². The van der Waals surface area contributed by atoms with Crippen molar-refractivity contribution >= 4 is 22.6 Å². The van der Waals surface area contributed by atoms with E-state index in [-0.39, 0.29) is 35.0 Å². The molecular weight excluding hydrogens is 372 g/mol. The third kappa shape index (κ3) is 3.63. The van der Waals surface area contributed by atoms with Crippen LogP contribution in [0.4, 0.5) is 5.69 Å². The Balaban J connectivity index is 1.52. The number of piperazine rings is 1. The van der Waals surface area contributed by atoms with Gasteiger partial charge in [-0.15, -0.1) is 0 Å². The molecule has 1 aliphatic rings. The molecule has 29 heavy (non-hydrogen) atoms. The van der Waals surface area contributed by atoms with Crippen LogP contribution in [0, 0.1) is 6.92 Å². The zero-order valence-electron chi connectivity index (χ0n) is 16.1. The summed E-state index contributed by atoms with van der Waals surface area (Å²) < 4.78 is 5.24. The summed E-state index contributed by atoms with van der Waals surface area (Å²) in [6.07, 6.45) is -0.0875. The maximum absolute atomic E-state index is 12.8. The summed E-state index contributed by atoms with van der Waals surface area (Å²) >= 11 is 0. The van der Waals surface area contributed by atoms with E-state index in [1.165, 1.54) is 12.1 Å². The molecule has 1 aromatic heterocycles. The molecule has 1 aliphatic heterocycles. The molecule has 3 aromatic rings. The van der Waals surface area contributed by atoms with Gasteiger partial charge in [-0.25, -0.2) is 4.79 Å². The minimum absolute atomic E-state index is 0.0875. The van der Waals surface area contributed by atoms with E-state index in [1.807, 2.05) is 30.3 Å². The molecule has 0 atom stereocenters. The lowest BCUT2D eigenvalue weighted by atomic mass is 10.0. The van der Waals surface area contributed by atoms with E-state index in [9.17, 15) is 19.8 Å². The molecule has 150 valence electrons. The van der Waals surface area contributed by atoms with Crippen molar-refractivity contribution in [2.24, 2.45) is 0 Å². The predicted molar refractivity (Wildman–Crippen MR) is 109 cm³/mol. The Labute approximate surface area is 167 Å². The molecule has 2 heterocycles. The first kappa shape index (κ1) is 18.9. The highest BCUT2D eigenvalue weighted by molar-refractivity contribution is 5.90. The van der Waals surface area contributed by atoms with Crippen LogP contribution in [0.5, 0.6) is 11.5 Å². The third-order valence-electron chi connectivity index (χ3n) is 5.42. The van der Waals surface area contributed by atoms with Gasteiger partial charge < -0.3 is 24.4 Å². The topological polar surface area (TPSA) is 94.2 Å². The minimum atomic E-state index is -0.628. The average Bonchev–Trinajstić information content (AvgIpc) is 2.71. The van der Waals surface area contributed by atoms with Gasteiger partial charge >= 0.3 is 5.63 Å². The first-order valence-corrected chi connectivity index (χ1v) is 9.50. The van der Waals surface area contributed by atoms with Crippen LogP contribution in [0.3, 0.4) is 0 Å². The van der Waals surface area contributed by atoms with Gasteiger partial charge in [-0.05, 0) is 24.6 Å². The van der Waals surface area contributed by atoms with Gasteiger partial charge in [-0.2, -0.15) is 0 Å². The maximum atomic E-state index is 12.8. The molecule has 1 fully saturated rings. The van der Waals surface area contributed by atoms with Gasteiger partial charge in [0.25, 0.3) is 0 Å². The van der Waals surface area contributed by atoms with Crippen molar-refractivity contribution < 1.29 is 19.4 Å². The van der Waals surface area contributed by atoms with Gasteiger partial charge in [-0.1, -0.05) is 18.2 Å². The summed E-state index contributed by atoms with van der Waals surface area (Å²) in [6, 6.07) is 12.5. The Morgan fingerprint density at radius 1 is 1.07 bits per heavy atom. The summed E-state index contributed by atoms with van der Waals surface area (Å²) in [4.78, 5) is 29.2. The van der Waals surface area contributed by atoms with E-state index in [1.54, 1.807) is 11.8 Å². The van der Waals surface area contributed by atoms with Crippen LogP contribution >= 0.6 is 0 Å². The predicted octanol–water partition coefficient (Wildman–Crippen LogP) is 2.40. The minimum Gasteiger partial charge on any atom is -0.508 e. The molecule has 4 rings (SSSR count). The van der Waals surface area contributed by atoms with Crippen LogP contribution in [0.25, 0.3) is 11.0 Å². The number of rotatable bonds is 3. The second-order valence-electron chi connectivity index (χ2n) is 7.21. The van der Waals surface area contributed by atoms with E-state index in [0.717, 1.165) is 18.8 Å². The monoisotopic (exact) mass is 394 g/mol. The fraction of sp³-hybridized carbons (Fsp3) is 0.273. The number of phenolic OH excluding ortho intramolecular Hbond substituents is 2. The summed E-state index contributed by atoms with van der Waals surface area (Å²) in [5, 5.41) is 20.1. The standard InChI is InChI=1S/C22H22N2O5/c1-14-17(22(28)29-19-12-16(25)11-18(26)21(14)19)13-20(27)24-9-7-23(8-10-24)15-5-3-2-4-6-15/h2-6,11-12,25-26H,7-10,13H2,1H3. The van der Waals surface area contributed by atoms with Crippen molar-refractivity contribution in [2.75, 3.05) is 31.1 Å². The molecule has 1 saturated heterocycles. The maximum Gasteiger partial charge on any atom is 0.340 e. The number of benzene rings is 2. The van der Waals surface area contributed by atoms with Gasteiger partial charge in [0.2, 0.25) is 5.91 Å². The van der Waals surface area contributed by atoms with Crippen molar-refractivity contribution in [1.82, 2.24) is 4.90 Å². The number of hydrogen-bond donors (Lipinski definition) is 2. The number of carbonyl (C=O) groups excluding carboxylic acids is 1. The number of anilines is 1. The Bertz CT molecular complexity index is 1120. The van der Waals surface area contributed by atoms with Crippen molar-refractivity contribution in [3.05, 3.63) is 64.0 Å². The highest BCUT2D eigenvalue weighted by Crippen LogP contribution is 2.32. The smallest absolute Gasteiger partial charge is 0.340 e. The van der Waals surface area contributed by atoms with Crippen LogP contribution in [0.2, 0.25) is 0 Å². The number of para-hydroxylation sites is 1. The van der Waals surface area contributed by atoms with Gasteiger partial charge in [0, 0.05) is 44.0 Å². The quantitative estimate of drug-likeness (QED) is 0.663. The first-order chi connectivity index (χ1) is 13.9. The molecule has 7 nitrogen and oxygen atoms in total. The fourth-order valence-electron chi connectivity index (χ4n) is 3.83. The zero-order valence-corrected chi connectivity index (χ0v) is 16.1. The molecule has 0 aliphatic carbocycles. The number of phenols is 2. The van der Waals surface area contributed by atoms with Crippen LogP contribution in [-0.4, -0.2) is 47.2 Å². The molecule has 0 bridgehead atoms. The molecule has 2 N–H and O–H groups in total. The summed E-state index contributed by atoms with van der Waals surface area (Å²) in [6.45, 7) is 4.27. The first-order valence-electron chi connectivity index (χ1n) is 9.50. The Kier molecular flexibility index (Phi) is 4.88. The molecule has 0 radical (unpaired) electrons. The molecular formula is C22H22N2O5. The second kappa shape index (κ2) is 7.50. The van der Waals surface area contributed by atoms with Crippen molar-refractivity contribution in [2.45, 2.75) is 13.3 Å². The van der Waals surface area contributed by atoms with Gasteiger partial charge in [0.15, 0.2) is 0 Å². The third-order valence-corrected chi connectivity index (χ3v) is 5.42. The van der Waals surface area contributed by atoms with E-state index in [4.69, 9.17) is 4.42 Å². The Hall–Kier alpha value is -3.48. The highest BCUT2D eigenvalue weighted by Gasteiger charge is 2.24. The number of hydrogen-bond acceptors (Lipinski definition) is 6. The fourth-order valence-corrected chi connectivity index (χ4v) is 3.83. The highest BCUT2D eigenvalue weighted by atomic mass is 16.4. The SMILES string of the molecule is Cc1c(CC(=O)N2CCN(c3ccccc3)CC2)c(=O)oc2cc(O)cc(O)c12. The van der Waals surface area contributed by atoms with Crippen molar-refractivity contribution in [3.63, 3.8) is 0 Å². The lowest BCUT2D eigenvalue weighted by molar-refractivity contribution is -0.130. The van der Waals surface area contributed by atoms with Crippen LogP contribution < -0.4 is 10.5 Å². The molecule has 0 saturated carbocycles. The normalized spacial score (nSPS) is 14.4. The Morgan fingerprint density at radius 3 is 2.45 bits per heavy atom. The number of aromatic hydroxyl groups is 2. The number of amides is 1. The molecule has 0 unspecified atom stereocenters. The van der Waals surface area contributed by atoms with Crippen molar-refractivity contribution in [1.29, 1.82) is 0 Å². The van der Waals surface area contributed by atoms with Gasteiger partial charge in [0.1, 0.15) is 17.1 Å². The lowest BCUT2D eigenvalue weighted by Gasteiger charge is -2.36. The van der Waals surface area contributed by atoms with Crippen LogP contribution in [0.1, 0.15) is 11.1 Å². The van der Waals surface area contributed by atoms with Gasteiger partial charge in [-0.3, -0.25) is 4.79 Å². The average molecular weight is 394 g/mol. The van der Waals surface area contributed by atoms with Crippen molar-refractivity contribution in [3.8, 4) is 11.5 Å². The Morgan fingerprint density at radius 2 is 1.76 bits per heavy atom. The number of aryl methyl sites for hydroxylation is 1. The van der Waals surface area contributed by atoms with E-state index in [0.29, 0.717) is 24.0 Å². The number of fused-ring (bicyclic) bond motifs is 1. The largest absolute Gasteiger partial charge is 0.508 e. The summed E-state index contributed by atoms with van der Waals surface area (Å²) in [5.41, 5.74) is 1.32. The molecule has 2 aromatic carbocycles. The molecule has 1 amide bonds. The number of carbonyl (C=O) groups is 1.